The lowest BCUT2D eigenvalue weighted by Gasteiger charge is -2.37. The van der Waals surface area contributed by atoms with E-state index in [1.54, 1.807) is 16.8 Å². The summed E-state index contributed by atoms with van der Waals surface area (Å²) in [6.07, 6.45) is 1.44. The number of rotatable bonds is 2. The SMILES string of the molecule is CCn1nncc1C(=O)N1CC(=O)N(C)C(C)C1. The fraction of sp³-hybridized carbons (Fsp3) is 0.636. The summed E-state index contributed by atoms with van der Waals surface area (Å²) in [4.78, 5) is 27.2. The molecule has 98 valence electrons. The molecule has 1 fully saturated rings. The van der Waals surface area contributed by atoms with E-state index in [0.29, 0.717) is 18.8 Å². The van der Waals surface area contributed by atoms with Crippen molar-refractivity contribution in [1.82, 2.24) is 24.8 Å². The van der Waals surface area contributed by atoms with Crippen LogP contribution in [0.5, 0.6) is 0 Å². The average molecular weight is 251 g/mol. The monoisotopic (exact) mass is 251 g/mol. The van der Waals surface area contributed by atoms with Gasteiger partial charge < -0.3 is 9.80 Å². The molecule has 2 amide bonds. The van der Waals surface area contributed by atoms with Gasteiger partial charge in [0.05, 0.1) is 6.20 Å². The van der Waals surface area contributed by atoms with Gasteiger partial charge in [0.25, 0.3) is 5.91 Å². The maximum Gasteiger partial charge on any atom is 0.274 e. The van der Waals surface area contributed by atoms with E-state index in [4.69, 9.17) is 0 Å². The average Bonchev–Trinajstić information content (AvgIpc) is 2.82. The molecule has 0 saturated carbocycles. The van der Waals surface area contributed by atoms with E-state index >= 15 is 0 Å². The van der Waals surface area contributed by atoms with Gasteiger partial charge in [0.2, 0.25) is 5.91 Å². The number of amides is 2. The third kappa shape index (κ3) is 2.07. The Hall–Kier alpha value is -1.92. The Morgan fingerprint density at radius 3 is 2.89 bits per heavy atom. The first kappa shape index (κ1) is 12.5. The van der Waals surface area contributed by atoms with Gasteiger partial charge in [-0.3, -0.25) is 9.59 Å². The predicted octanol–water partition coefficient (Wildman–Crippen LogP) is -0.399. The number of piperazine rings is 1. The van der Waals surface area contributed by atoms with Crippen molar-refractivity contribution in [3.8, 4) is 0 Å². The minimum atomic E-state index is -0.185. The molecule has 2 heterocycles. The Morgan fingerprint density at radius 2 is 2.28 bits per heavy atom. The van der Waals surface area contributed by atoms with Crippen LogP contribution < -0.4 is 0 Å². The van der Waals surface area contributed by atoms with Crippen molar-refractivity contribution < 1.29 is 9.59 Å². The van der Waals surface area contributed by atoms with Crippen molar-refractivity contribution in [2.75, 3.05) is 20.1 Å². The van der Waals surface area contributed by atoms with Crippen molar-refractivity contribution in [1.29, 1.82) is 0 Å². The van der Waals surface area contributed by atoms with Crippen LogP contribution in [0.1, 0.15) is 24.3 Å². The Labute approximate surface area is 105 Å². The highest BCUT2D eigenvalue weighted by Gasteiger charge is 2.31. The van der Waals surface area contributed by atoms with Crippen LogP contribution in [-0.2, 0) is 11.3 Å². The Bertz CT molecular complexity index is 470. The van der Waals surface area contributed by atoms with E-state index in [0.717, 1.165) is 0 Å². The molecule has 0 spiro atoms. The number of hydrogen-bond donors (Lipinski definition) is 0. The molecular formula is C11H17N5O2. The fourth-order valence-corrected chi connectivity index (χ4v) is 2.00. The smallest absolute Gasteiger partial charge is 0.274 e. The first-order valence-corrected chi connectivity index (χ1v) is 5.98. The van der Waals surface area contributed by atoms with Crippen LogP contribution >= 0.6 is 0 Å². The standard InChI is InChI=1S/C11H17N5O2/c1-4-16-9(5-12-13-16)11(18)15-6-8(2)14(3)10(17)7-15/h5,8H,4,6-7H2,1-3H3. The van der Waals surface area contributed by atoms with E-state index in [2.05, 4.69) is 10.3 Å². The summed E-state index contributed by atoms with van der Waals surface area (Å²) in [5.74, 6) is -0.229. The molecule has 1 saturated heterocycles. The zero-order valence-corrected chi connectivity index (χ0v) is 10.8. The molecule has 7 heteroatoms. The lowest BCUT2D eigenvalue weighted by molar-refractivity contribution is -0.136. The van der Waals surface area contributed by atoms with Crippen LogP contribution in [0.3, 0.4) is 0 Å². The number of carbonyl (C=O) groups excluding carboxylic acids is 2. The first-order valence-electron chi connectivity index (χ1n) is 5.98. The largest absolute Gasteiger partial charge is 0.340 e. The first-order chi connectivity index (χ1) is 8.54. The van der Waals surface area contributed by atoms with Crippen LogP contribution in [0.2, 0.25) is 0 Å². The number of aromatic nitrogens is 3. The third-order valence-corrected chi connectivity index (χ3v) is 3.29. The van der Waals surface area contributed by atoms with Crippen molar-refractivity contribution >= 4 is 11.8 Å². The van der Waals surface area contributed by atoms with Crippen LogP contribution in [0.15, 0.2) is 6.20 Å². The minimum Gasteiger partial charge on any atom is -0.340 e. The number of aryl methyl sites for hydroxylation is 1. The lowest BCUT2D eigenvalue weighted by Crippen LogP contribution is -2.55. The molecule has 1 unspecified atom stereocenters. The molecule has 0 aromatic carbocycles. The predicted molar refractivity (Wildman–Crippen MR) is 63.8 cm³/mol. The van der Waals surface area contributed by atoms with Gasteiger partial charge in [0.1, 0.15) is 12.2 Å². The summed E-state index contributed by atoms with van der Waals surface area (Å²) in [6, 6.07) is 0.0288. The van der Waals surface area contributed by atoms with Crippen molar-refractivity contribution in [2.24, 2.45) is 0 Å². The van der Waals surface area contributed by atoms with Crippen molar-refractivity contribution in [2.45, 2.75) is 26.4 Å². The second-order valence-corrected chi connectivity index (χ2v) is 4.47. The zero-order chi connectivity index (χ0) is 13.3. The third-order valence-electron chi connectivity index (χ3n) is 3.29. The van der Waals surface area contributed by atoms with Crippen molar-refractivity contribution in [3.05, 3.63) is 11.9 Å². The van der Waals surface area contributed by atoms with Crippen molar-refractivity contribution in [3.63, 3.8) is 0 Å². The molecule has 18 heavy (non-hydrogen) atoms. The summed E-state index contributed by atoms with van der Waals surface area (Å²) in [6.45, 7) is 5.05. The molecule has 1 aromatic rings. The van der Waals surface area contributed by atoms with Crippen LogP contribution in [0.25, 0.3) is 0 Å². The quantitative estimate of drug-likeness (QED) is 0.717. The van der Waals surface area contributed by atoms with Crippen LogP contribution in [-0.4, -0.2) is 62.8 Å². The summed E-state index contributed by atoms with van der Waals surface area (Å²) in [7, 11) is 1.76. The van der Waals surface area contributed by atoms with Gasteiger partial charge in [0, 0.05) is 26.2 Å². The van der Waals surface area contributed by atoms with Crippen LogP contribution in [0.4, 0.5) is 0 Å². The van der Waals surface area contributed by atoms with Gasteiger partial charge in [-0.05, 0) is 13.8 Å². The van der Waals surface area contributed by atoms with Gasteiger partial charge in [-0.1, -0.05) is 5.21 Å². The molecule has 7 nitrogen and oxygen atoms in total. The Balaban J connectivity index is 2.17. The van der Waals surface area contributed by atoms with Gasteiger partial charge >= 0.3 is 0 Å². The zero-order valence-electron chi connectivity index (χ0n) is 10.8. The number of nitrogens with zero attached hydrogens (tertiary/aromatic N) is 5. The van der Waals surface area contributed by atoms with Crippen LogP contribution in [0, 0.1) is 0 Å². The van der Waals surface area contributed by atoms with Gasteiger partial charge in [-0.25, -0.2) is 4.68 Å². The fourth-order valence-electron chi connectivity index (χ4n) is 2.00. The molecular weight excluding hydrogens is 234 g/mol. The molecule has 2 rings (SSSR count). The minimum absolute atomic E-state index is 0.0288. The molecule has 0 bridgehead atoms. The van der Waals surface area contributed by atoms with E-state index in [1.807, 2.05) is 13.8 Å². The van der Waals surface area contributed by atoms with E-state index in [-0.39, 0.29) is 24.4 Å². The number of carbonyl (C=O) groups is 2. The molecule has 0 aliphatic carbocycles. The Kier molecular flexibility index (Phi) is 3.31. The molecule has 0 N–H and O–H groups in total. The normalized spacial score (nSPS) is 20.4. The highest BCUT2D eigenvalue weighted by atomic mass is 16.2. The topological polar surface area (TPSA) is 71.3 Å². The van der Waals surface area contributed by atoms with E-state index in [1.165, 1.54) is 10.9 Å². The number of likely N-dealkylation sites (N-methyl/N-ethyl adjacent to an activating group) is 1. The Morgan fingerprint density at radius 1 is 1.56 bits per heavy atom. The van der Waals surface area contributed by atoms with E-state index in [9.17, 15) is 9.59 Å². The molecule has 1 aliphatic heterocycles. The maximum absolute atomic E-state index is 12.3. The highest BCUT2D eigenvalue weighted by molar-refractivity contribution is 5.95. The molecule has 1 atom stereocenters. The summed E-state index contributed by atoms with van der Waals surface area (Å²) < 4.78 is 1.54. The second kappa shape index (κ2) is 4.75. The number of hydrogen-bond acceptors (Lipinski definition) is 4. The van der Waals surface area contributed by atoms with E-state index < -0.39 is 0 Å². The second-order valence-electron chi connectivity index (χ2n) is 4.47. The summed E-state index contributed by atoms with van der Waals surface area (Å²) in [5, 5.41) is 7.56. The van der Waals surface area contributed by atoms with Gasteiger partial charge in [0.15, 0.2) is 0 Å². The summed E-state index contributed by atoms with van der Waals surface area (Å²) in [5.41, 5.74) is 0.432. The molecule has 0 radical (unpaired) electrons. The summed E-state index contributed by atoms with van der Waals surface area (Å²) >= 11 is 0. The van der Waals surface area contributed by atoms with Gasteiger partial charge in [-0.15, -0.1) is 5.10 Å². The van der Waals surface area contributed by atoms with Gasteiger partial charge in [-0.2, -0.15) is 0 Å². The maximum atomic E-state index is 12.3. The molecule has 1 aromatic heterocycles. The molecule has 1 aliphatic rings. The highest BCUT2D eigenvalue weighted by Crippen LogP contribution is 2.12. The lowest BCUT2D eigenvalue weighted by atomic mass is 10.2.